The van der Waals surface area contributed by atoms with Gasteiger partial charge in [-0.3, -0.25) is 0 Å². The molecule has 0 bridgehead atoms. The molecular formula is C5H10Si. The van der Waals surface area contributed by atoms with E-state index in [1.165, 1.54) is 16.3 Å². The molecule has 1 heteroatoms. The van der Waals surface area contributed by atoms with Crippen LogP contribution >= 0.6 is 0 Å². The highest BCUT2D eigenvalue weighted by molar-refractivity contribution is 6.08. The molecule has 6 heavy (non-hydrogen) atoms. The van der Waals surface area contributed by atoms with E-state index in [1.807, 2.05) is 6.92 Å². The fourth-order valence-corrected chi connectivity index (χ4v) is 0.500. The third kappa shape index (κ3) is 3.78. The molecule has 0 spiro atoms. The van der Waals surface area contributed by atoms with Gasteiger partial charge in [0.05, 0.1) is 0 Å². The lowest BCUT2D eigenvalue weighted by Crippen LogP contribution is -1.61. The summed E-state index contributed by atoms with van der Waals surface area (Å²) in [5.41, 5.74) is 0. The quantitative estimate of drug-likeness (QED) is 0.324. The first-order chi connectivity index (χ1) is 2.91. The average Bonchev–Trinajstić information content (AvgIpc) is 1.61. The predicted octanol–water partition coefficient (Wildman–Crippen LogP) is 0.183. The van der Waals surface area contributed by atoms with Crippen molar-refractivity contribution in [2.75, 3.05) is 0 Å². The normalized spacial score (nSPS) is 6.83. The monoisotopic (exact) mass is 98.1 g/mol. The summed E-state index contributed by atoms with van der Waals surface area (Å²) < 4.78 is 0. The second-order valence-electron chi connectivity index (χ2n) is 1.18. The summed E-state index contributed by atoms with van der Waals surface area (Å²) in [5, 5.41) is 0. The minimum Gasteiger partial charge on any atom is -0.107 e. The molecule has 0 N–H and O–H groups in total. The van der Waals surface area contributed by atoms with Crippen LogP contribution in [0.3, 0.4) is 0 Å². The highest BCUT2D eigenvalue weighted by Gasteiger charge is 1.63. The van der Waals surface area contributed by atoms with Crippen molar-refractivity contribution in [2.45, 2.75) is 19.4 Å². The predicted molar refractivity (Wildman–Crippen MR) is 32.8 cm³/mol. The van der Waals surface area contributed by atoms with Gasteiger partial charge in [0, 0.05) is 16.7 Å². The zero-order valence-corrected chi connectivity index (χ0v) is 6.41. The van der Waals surface area contributed by atoms with E-state index in [1.54, 1.807) is 0 Å². The highest BCUT2D eigenvalue weighted by atomic mass is 28.1. The van der Waals surface area contributed by atoms with E-state index < -0.39 is 0 Å². The van der Waals surface area contributed by atoms with Gasteiger partial charge in [-0.05, 0) is 6.92 Å². The zero-order valence-electron chi connectivity index (χ0n) is 4.41. The van der Waals surface area contributed by atoms with Crippen molar-refractivity contribution in [1.82, 2.24) is 0 Å². The van der Waals surface area contributed by atoms with Crippen LogP contribution in [0.15, 0.2) is 0 Å². The Balaban J connectivity index is 2.79. The topological polar surface area (TPSA) is 0 Å². The van der Waals surface area contributed by atoms with Crippen LogP contribution in [0.25, 0.3) is 0 Å². The molecular weight excluding hydrogens is 88.1 g/mol. The van der Waals surface area contributed by atoms with E-state index in [2.05, 4.69) is 11.8 Å². The van der Waals surface area contributed by atoms with E-state index in [-0.39, 0.29) is 0 Å². The Morgan fingerprint density at radius 1 is 1.67 bits per heavy atom. The lowest BCUT2D eigenvalue weighted by atomic mass is 10.5. The standard InChI is InChI=1S/C5H10Si/c1-2-3-4-5-6/h4-5H2,1,6H3. The summed E-state index contributed by atoms with van der Waals surface area (Å²) in [6.07, 6.45) is 1.11. The lowest BCUT2D eigenvalue weighted by Gasteiger charge is -1.71. The van der Waals surface area contributed by atoms with Crippen LogP contribution in [0.2, 0.25) is 6.04 Å². The fraction of sp³-hybridized carbons (Fsp3) is 0.600. The Kier molecular flexibility index (Phi) is 4.60. The molecule has 0 aromatic rings. The Bertz CT molecular complexity index is 65.7. The van der Waals surface area contributed by atoms with Gasteiger partial charge in [0.15, 0.2) is 0 Å². The zero-order chi connectivity index (χ0) is 4.83. The SMILES string of the molecule is CC#CCC[SiH3]. The first kappa shape index (κ1) is 5.78. The first-order valence-electron chi connectivity index (χ1n) is 2.31. The van der Waals surface area contributed by atoms with E-state index in [9.17, 15) is 0 Å². The summed E-state index contributed by atoms with van der Waals surface area (Å²) in [7, 11) is 1.30. The summed E-state index contributed by atoms with van der Waals surface area (Å²) in [5.74, 6) is 5.82. The van der Waals surface area contributed by atoms with Gasteiger partial charge in [-0.25, -0.2) is 0 Å². The van der Waals surface area contributed by atoms with Crippen molar-refractivity contribution in [2.24, 2.45) is 0 Å². The average molecular weight is 98.2 g/mol. The van der Waals surface area contributed by atoms with Gasteiger partial charge in [-0.2, -0.15) is 0 Å². The maximum absolute atomic E-state index is 2.98. The number of rotatable bonds is 1. The van der Waals surface area contributed by atoms with Crippen molar-refractivity contribution >= 4 is 10.2 Å². The molecule has 0 unspecified atom stereocenters. The van der Waals surface area contributed by atoms with Crippen molar-refractivity contribution in [3.63, 3.8) is 0 Å². The Morgan fingerprint density at radius 2 is 2.33 bits per heavy atom. The minimum atomic E-state index is 1.11. The van der Waals surface area contributed by atoms with Crippen LogP contribution in [0.5, 0.6) is 0 Å². The molecule has 0 saturated carbocycles. The van der Waals surface area contributed by atoms with Gasteiger partial charge < -0.3 is 0 Å². The molecule has 0 aliphatic carbocycles. The molecule has 0 nitrogen and oxygen atoms in total. The second-order valence-corrected chi connectivity index (χ2v) is 2.18. The molecule has 0 aromatic heterocycles. The van der Waals surface area contributed by atoms with Crippen molar-refractivity contribution in [3.05, 3.63) is 0 Å². The van der Waals surface area contributed by atoms with Crippen LogP contribution in [0.1, 0.15) is 13.3 Å². The molecule has 34 valence electrons. The molecule has 0 aliphatic heterocycles. The van der Waals surface area contributed by atoms with E-state index in [0.29, 0.717) is 0 Å². The maximum atomic E-state index is 2.98. The van der Waals surface area contributed by atoms with Gasteiger partial charge in [0.25, 0.3) is 0 Å². The summed E-state index contributed by atoms with van der Waals surface area (Å²) in [4.78, 5) is 0. The molecule has 0 amide bonds. The summed E-state index contributed by atoms with van der Waals surface area (Å²) >= 11 is 0. The van der Waals surface area contributed by atoms with Gasteiger partial charge in [0.1, 0.15) is 0 Å². The second kappa shape index (κ2) is 4.78. The third-order valence-electron chi connectivity index (χ3n) is 0.552. The summed E-state index contributed by atoms with van der Waals surface area (Å²) in [6.45, 7) is 1.89. The van der Waals surface area contributed by atoms with Crippen molar-refractivity contribution < 1.29 is 0 Å². The van der Waals surface area contributed by atoms with Crippen LogP contribution in [-0.2, 0) is 0 Å². The van der Waals surface area contributed by atoms with Gasteiger partial charge >= 0.3 is 0 Å². The third-order valence-corrected chi connectivity index (χ3v) is 1.05. The van der Waals surface area contributed by atoms with Crippen LogP contribution < -0.4 is 0 Å². The smallest absolute Gasteiger partial charge is 0.00572 e. The molecule has 0 saturated heterocycles. The minimum absolute atomic E-state index is 1.11. The van der Waals surface area contributed by atoms with Crippen LogP contribution in [0, 0.1) is 11.8 Å². The van der Waals surface area contributed by atoms with E-state index in [0.717, 1.165) is 6.42 Å². The Labute approximate surface area is 42.4 Å². The summed E-state index contributed by atoms with van der Waals surface area (Å²) in [6, 6.07) is 1.32. The van der Waals surface area contributed by atoms with E-state index >= 15 is 0 Å². The van der Waals surface area contributed by atoms with Gasteiger partial charge in [-0.15, -0.1) is 11.8 Å². The van der Waals surface area contributed by atoms with E-state index in [4.69, 9.17) is 0 Å². The molecule has 0 fully saturated rings. The largest absolute Gasteiger partial charge is 0.107 e. The molecule has 0 atom stereocenters. The molecule has 0 aromatic carbocycles. The highest BCUT2D eigenvalue weighted by Crippen LogP contribution is 1.76. The van der Waals surface area contributed by atoms with Crippen LogP contribution in [0.4, 0.5) is 0 Å². The molecule has 0 rings (SSSR count). The van der Waals surface area contributed by atoms with Crippen molar-refractivity contribution in [1.29, 1.82) is 0 Å². The lowest BCUT2D eigenvalue weighted by molar-refractivity contribution is 1.26. The molecule has 0 radical (unpaired) electrons. The number of hydrogen-bond acceptors (Lipinski definition) is 0. The first-order valence-corrected chi connectivity index (χ1v) is 3.72. The van der Waals surface area contributed by atoms with Gasteiger partial charge in [-0.1, -0.05) is 6.04 Å². The fourth-order valence-electron chi connectivity index (χ4n) is 0.250. The Morgan fingerprint density at radius 3 is 2.50 bits per heavy atom. The van der Waals surface area contributed by atoms with Crippen molar-refractivity contribution in [3.8, 4) is 11.8 Å². The van der Waals surface area contributed by atoms with Crippen LogP contribution in [-0.4, -0.2) is 10.2 Å². The maximum Gasteiger partial charge on any atom is 0.00572 e. The Hall–Kier alpha value is -0.223. The molecule has 0 aliphatic rings. The molecule has 0 heterocycles. The number of hydrogen-bond donors (Lipinski definition) is 0. The van der Waals surface area contributed by atoms with Gasteiger partial charge in [0.2, 0.25) is 0 Å².